The van der Waals surface area contributed by atoms with Crippen LogP contribution in [-0.4, -0.2) is 88.8 Å². The molecular weight excluding hydrogens is 611 g/mol. The number of aryl methyl sites for hydroxylation is 1. The Labute approximate surface area is 285 Å². The molecule has 48 heavy (non-hydrogen) atoms. The van der Waals surface area contributed by atoms with E-state index in [1.165, 1.54) is 0 Å². The number of nitrogens with two attached hydrogens (primary N) is 1. The van der Waals surface area contributed by atoms with Gasteiger partial charge in [0.25, 0.3) is 0 Å². The third kappa shape index (κ3) is 8.27. The van der Waals surface area contributed by atoms with Gasteiger partial charge in [0.1, 0.15) is 37.6 Å². The first-order chi connectivity index (χ1) is 22.8. The first-order valence-electron chi connectivity index (χ1n) is 17.5. The number of unbranched alkanes of at least 4 members (excludes halogenated alkanes) is 1. The molecule has 1 aromatic heterocycles. The molecule has 3 N–H and O–H groups in total. The molecule has 0 radical (unpaired) electrons. The van der Waals surface area contributed by atoms with Crippen LogP contribution in [0.5, 0.6) is 0 Å². The van der Waals surface area contributed by atoms with Crippen LogP contribution in [0.15, 0.2) is 30.5 Å². The van der Waals surface area contributed by atoms with Crippen LogP contribution in [0.25, 0.3) is 11.3 Å². The minimum atomic E-state index is -1.16. The molecule has 262 valence electrons. The number of anilines is 1. The highest BCUT2D eigenvalue weighted by atomic mass is 16.6. The molecule has 2 fully saturated rings. The van der Waals surface area contributed by atoms with E-state index in [2.05, 4.69) is 22.6 Å². The van der Waals surface area contributed by atoms with Crippen molar-refractivity contribution in [3.05, 3.63) is 30.5 Å². The molecule has 2 aliphatic rings. The lowest BCUT2D eigenvalue weighted by Crippen LogP contribution is -2.60. The summed E-state index contributed by atoms with van der Waals surface area (Å²) in [5.74, 6) is -2.13. The molecular formula is C35H53BN6O6. The van der Waals surface area contributed by atoms with Gasteiger partial charge in [-0.05, 0) is 77.0 Å². The lowest BCUT2D eigenvalue weighted by molar-refractivity contribution is -0.170. The maximum atomic E-state index is 13.6. The van der Waals surface area contributed by atoms with E-state index in [1.54, 1.807) is 16.5 Å². The van der Waals surface area contributed by atoms with Crippen LogP contribution in [0.4, 0.5) is 10.5 Å². The van der Waals surface area contributed by atoms with Gasteiger partial charge in [0.05, 0.1) is 12.2 Å². The summed E-state index contributed by atoms with van der Waals surface area (Å²) < 4.78 is 14.0. The maximum Gasteiger partial charge on any atom is 0.410 e. The van der Waals surface area contributed by atoms with E-state index in [9.17, 15) is 19.2 Å². The number of cyclic esters (lactones) is 1. The quantitative estimate of drug-likeness (QED) is 0.101. The first-order valence-corrected chi connectivity index (χ1v) is 17.5. The summed E-state index contributed by atoms with van der Waals surface area (Å²) in [6.07, 6.45) is 4.51. The number of hydrogen-bond donors (Lipinski definition) is 2. The van der Waals surface area contributed by atoms with Crippen molar-refractivity contribution < 1.29 is 28.7 Å². The van der Waals surface area contributed by atoms with Gasteiger partial charge in [-0.15, -0.1) is 5.10 Å². The molecule has 0 bridgehead atoms. The molecule has 12 nitrogen and oxygen atoms in total. The van der Waals surface area contributed by atoms with E-state index in [0.29, 0.717) is 44.6 Å². The Morgan fingerprint density at radius 3 is 2.56 bits per heavy atom. The number of nitrogen functional groups attached to an aromatic ring is 1. The predicted octanol–water partition coefficient (Wildman–Crippen LogP) is 3.69. The highest BCUT2D eigenvalue weighted by Gasteiger charge is 2.58. The van der Waals surface area contributed by atoms with Gasteiger partial charge in [0.15, 0.2) is 5.60 Å². The number of aromatic nitrogens is 3. The molecule has 1 amide bonds. The fourth-order valence-corrected chi connectivity index (χ4v) is 7.55. The minimum Gasteiger partial charge on any atom is -0.458 e. The van der Waals surface area contributed by atoms with Crippen LogP contribution in [0.2, 0.25) is 5.82 Å². The Morgan fingerprint density at radius 1 is 1.15 bits per heavy atom. The topological polar surface area (TPSA) is 159 Å². The zero-order valence-electron chi connectivity index (χ0n) is 29.6. The lowest BCUT2D eigenvalue weighted by atomic mass is 9.63. The molecule has 2 saturated heterocycles. The molecule has 2 aromatic rings. The summed E-state index contributed by atoms with van der Waals surface area (Å²) in [7, 11) is 1.99. The van der Waals surface area contributed by atoms with Crippen molar-refractivity contribution in [1.82, 2.24) is 25.2 Å². The molecule has 1 aromatic carbocycles. The maximum absolute atomic E-state index is 13.6. The number of ketones is 1. The highest BCUT2D eigenvalue weighted by molar-refractivity contribution is 6.15. The standard InChI is InChI=1S/C35H53BN6O6/c1-7-29-35(6)32(24(5)38-19-21(2)17-26(13-16-43)30(36)22(3)31(44)23(4)33(45)47-29)42(34(46)48-35)15-9-8-14-41-20-28(39-40-41)25-11-10-12-27(37)18-25/h10-12,16,18,20-24,26,29-30,32,38H,7-9,13-15,17,19,36-37H2,1-6H3/t21-,22-,23-,24-,26+,29-,30-,32-,35-/m1/s1. The highest BCUT2D eigenvalue weighted by Crippen LogP contribution is 2.39. The number of Topliss-reactive ketones (excluding diaryl/α,β-unsaturated/α-hetero) is 1. The Morgan fingerprint density at radius 2 is 1.88 bits per heavy atom. The number of nitrogens with one attached hydrogen (secondary N) is 1. The molecule has 3 heterocycles. The number of rotatable bonds is 9. The van der Waals surface area contributed by atoms with E-state index in [-0.39, 0.29) is 29.5 Å². The summed E-state index contributed by atoms with van der Waals surface area (Å²) in [6, 6.07) is 6.85. The van der Waals surface area contributed by atoms with E-state index in [4.69, 9.17) is 15.2 Å². The van der Waals surface area contributed by atoms with E-state index in [0.717, 1.165) is 30.4 Å². The number of esters is 1. The average Bonchev–Trinajstić information content (AvgIpc) is 3.64. The fraction of sp³-hybridized carbons (Fsp3) is 0.657. The van der Waals surface area contributed by atoms with Gasteiger partial charge in [0, 0.05) is 42.7 Å². The van der Waals surface area contributed by atoms with Crippen molar-refractivity contribution in [3.8, 4) is 11.3 Å². The van der Waals surface area contributed by atoms with Crippen LogP contribution >= 0.6 is 0 Å². The monoisotopic (exact) mass is 664 g/mol. The van der Waals surface area contributed by atoms with Gasteiger partial charge < -0.3 is 25.3 Å². The Balaban J connectivity index is 1.53. The van der Waals surface area contributed by atoms with Crippen LogP contribution in [-0.2, 0) is 30.4 Å². The van der Waals surface area contributed by atoms with Crippen LogP contribution in [0, 0.1) is 23.7 Å². The van der Waals surface area contributed by atoms with Crippen LogP contribution in [0.1, 0.15) is 73.6 Å². The zero-order valence-corrected chi connectivity index (χ0v) is 29.6. The zero-order chi connectivity index (χ0) is 35.2. The third-order valence-corrected chi connectivity index (χ3v) is 10.6. The smallest absolute Gasteiger partial charge is 0.410 e. The van der Waals surface area contributed by atoms with Gasteiger partial charge in [-0.2, -0.15) is 0 Å². The number of carbonyl (C=O) groups excluding carboxylic acids is 4. The van der Waals surface area contributed by atoms with E-state index >= 15 is 0 Å². The second-order valence-corrected chi connectivity index (χ2v) is 14.2. The largest absolute Gasteiger partial charge is 0.458 e. The van der Waals surface area contributed by atoms with Gasteiger partial charge in [0.2, 0.25) is 0 Å². The first kappa shape index (κ1) is 37.1. The molecule has 0 unspecified atom stereocenters. The number of amides is 1. The number of nitrogens with zero attached hydrogens (tertiary/aromatic N) is 4. The second-order valence-electron chi connectivity index (χ2n) is 14.2. The fourth-order valence-electron chi connectivity index (χ4n) is 7.55. The van der Waals surface area contributed by atoms with Crippen molar-refractivity contribution >= 4 is 37.7 Å². The Bertz CT molecular complexity index is 1440. The summed E-state index contributed by atoms with van der Waals surface area (Å²) in [5, 5.41) is 12.2. The number of benzene rings is 1. The van der Waals surface area contributed by atoms with Gasteiger partial charge in [-0.25, -0.2) is 4.79 Å². The number of ether oxygens (including phenoxy) is 2. The summed E-state index contributed by atoms with van der Waals surface area (Å²) in [6.45, 7) is 13.0. The molecule has 9 atom stereocenters. The molecule has 0 saturated carbocycles. The second kappa shape index (κ2) is 16.1. The normalized spacial score (nSPS) is 32.1. The molecule has 13 heteroatoms. The summed E-state index contributed by atoms with van der Waals surface area (Å²) >= 11 is 0. The number of fused-ring (bicyclic) bond motifs is 1. The van der Waals surface area contributed by atoms with Crippen LogP contribution < -0.4 is 11.1 Å². The number of carbonyl (C=O) groups is 4. The van der Waals surface area contributed by atoms with Gasteiger partial charge in [-0.3, -0.25) is 19.2 Å². The van der Waals surface area contributed by atoms with Gasteiger partial charge in [-0.1, -0.05) is 43.9 Å². The Kier molecular flexibility index (Phi) is 12.4. The number of aldehydes is 1. The number of hydrogen-bond acceptors (Lipinski definition) is 10. The average molecular weight is 665 g/mol. The van der Waals surface area contributed by atoms with Crippen molar-refractivity contribution in [2.24, 2.45) is 23.7 Å². The van der Waals surface area contributed by atoms with Crippen molar-refractivity contribution in [2.75, 3.05) is 18.8 Å². The van der Waals surface area contributed by atoms with Crippen molar-refractivity contribution in [3.63, 3.8) is 0 Å². The molecule has 2 aliphatic heterocycles. The van der Waals surface area contributed by atoms with Crippen molar-refractivity contribution in [2.45, 2.75) is 110 Å². The predicted molar refractivity (Wildman–Crippen MR) is 186 cm³/mol. The minimum absolute atomic E-state index is 0.00431. The molecule has 0 aliphatic carbocycles. The lowest BCUT2D eigenvalue weighted by Gasteiger charge is -2.40. The van der Waals surface area contributed by atoms with Crippen LogP contribution in [0.3, 0.4) is 0 Å². The molecule has 4 rings (SSSR count). The molecule has 0 spiro atoms. The summed E-state index contributed by atoms with van der Waals surface area (Å²) in [5.41, 5.74) is 7.06. The Hall–Kier alpha value is -3.74. The van der Waals surface area contributed by atoms with E-state index in [1.807, 2.05) is 66.0 Å². The SMILES string of the molecule is B[C@H]1[C@@H](CC=O)C[C@@H](C)CN[C@H](C)[C@H]2N(CCCCn3cc(-c4cccc(N)c4)nn3)C(=O)O[C@]2(C)[C@@H](CC)OC(=O)[C@H](C)C(=O)[C@@H]1C. The van der Waals surface area contributed by atoms with E-state index < -0.39 is 41.6 Å². The van der Waals surface area contributed by atoms with Crippen molar-refractivity contribution in [1.29, 1.82) is 0 Å². The summed E-state index contributed by atoms with van der Waals surface area (Å²) in [4.78, 5) is 53.9. The van der Waals surface area contributed by atoms with Gasteiger partial charge >= 0.3 is 12.1 Å². The third-order valence-electron chi connectivity index (χ3n) is 10.6.